The Morgan fingerprint density at radius 3 is 2.45 bits per heavy atom. The number of aromatic carboxylic acids is 1. The highest BCUT2D eigenvalue weighted by molar-refractivity contribution is 5.88. The van der Waals surface area contributed by atoms with Crippen molar-refractivity contribution < 1.29 is 18.7 Å². The molecular weight excluding hydrogens is 264 g/mol. The SMILES string of the molecule is O=C(O)c1cccc(NCc2ccc(C(F)F)cc2)c1. The minimum Gasteiger partial charge on any atom is -0.478 e. The molecule has 3 nitrogen and oxygen atoms in total. The molecular formula is C15H13F2NO2. The largest absolute Gasteiger partial charge is 0.478 e. The van der Waals surface area contributed by atoms with E-state index in [2.05, 4.69) is 5.32 Å². The minimum absolute atomic E-state index is 0.0124. The van der Waals surface area contributed by atoms with Crippen LogP contribution in [0.5, 0.6) is 0 Å². The van der Waals surface area contributed by atoms with Gasteiger partial charge in [-0.05, 0) is 23.8 Å². The molecule has 2 aromatic carbocycles. The highest BCUT2D eigenvalue weighted by Gasteiger charge is 2.06. The van der Waals surface area contributed by atoms with Gasteiger partial charge in [0.2, 0.25) is 0 Å². The van der Waals surface area contributed by atoms with E-state index in [9.17, 15) is 13.6 Å². The summed E-state index contributed by atoms with van der Waals surface area (Å²) < 4.78 is 24.8. The molecule has 0 fully saturated rings. The van der Waals surface area contributed by atoms with Crippen molar-refractivity contribution in [1.82, 2.24) is 0 Å². The zero-order valence-electron chi connectivity index (χ0n) is 10.5. The maximum atomic E-state index is 12.4. The van der Waals surface area contributed by atoms with Crippen molar-refractivity contribution in [1.29, 1.82) is 0 Å². The van der Waals surface area contributed by atoms with Gasteiger partial charge < -0.3 is 10.4 Å². The van der Waals surface area contributed by atoms with Gasteiger partial charge in [-0.15, -0.1) is 0 Å². The Bertz CT molecular complexity index is 597. The van der Waals surface area contributed by atoms with Crippen molar-refractivity contribution in [3.05, 3.63) is 65.2 Å². The van der Waals surface area contributed by atoms with Crippen LogP contribution in [0.15, 0.2) is 48.5 Å². The molecule has 0 aliphatic heterocycles. The number of carboxylic acids is 1. The Morgan fingerprint density at radius 1 is 1.15 bits per heavy atom. The molecule has 0 saturated carbocycles. The van der Waals surface area contributed by atoms with E-state index in [1.54, 1.807) is 24.3 Å². The highest BCUT2D eigenvalue weighted by Crippen LogP contribution is 2.19. The fourth-order valence-electron chi connectivity index (χ4n) is 1.75. The number of rotatable bonds is 5. The fraction of sp³-hybridized carbons (Fsp3) is 0.133. The van der Waals surface area contributed by atoms with Gasteiger partial charge in [0.05, 0.1) is 5.56 Å². The number of hydrogen-bond donors (Lipinski definition) is 2. The van der Waals surface area contributed by atoms with E-state index in [1.807, 2.05) is 0 Å². The molecule has 0 aliphatic carbocycles. The van der Waals surface area contributed by atoms with E-state index >= 15 is 0 Å². The molecule has 0 amide bonds. The summed E-state index contributed by atoms with van der Waals surface area (Å²) in [5, 5.41) is 11.9. The van der Waals surface area contributed by atoms with Gasteiger partial charge in [-0.1, -0.05) is 30.3 Å². The second-order valence-electron chi connectivity index (χ2n) is 4.28. The van der Waals surface area contributed by atoms with E-state index in [-0.39, 0.29) is 11.1 Å². The molecule has 0 radical (unpaired) electrons. The fourth-order valence-corrected chi connectivity index (χ4v) is 1.75. The van der Waals surface area contributed by atoms with Crippen LogP contribution in [0.25, 0.3) is 0 Å². The van der Waals surface area contributed by atoms with Crippen molar-refractivity contribution in [2.75, 3.05) is 5.32 Å². The number of carbonyl (C=O) groups is 1. The van der Waals surface area contributed by atoms with Crippen molar-refractivity contribution >= 4 is 11.7 Å². The molecule has 0 aliphatic rings. The normalized spacial score (nSPS) is 10.6. The Kier molecular flexibility index (Phi) is 4.30. The molecule has 2 rings (SSSR count). The van der Waals surface area contributed by atoms with E-state index < -0.39 is 12.4 Å². The number of halogens is 2. The van der Waals surface area contributed by atoms with E-state index in [1.165, 1.54) is 24.3 Å². The Morgan fingerprint density at radius 2 is 1.85 bits per heavy atom. The van der Waals surface area contributed by atoms with Gasteiger partial charge in [-0.3, -0.25) is 0 Å². The number of alkyl halides is 2. The average molecular weight is 277 g/mol. The molecule has 2 aromatic rings. The number of nitrogens with one attached hydrogen (secondary N) is 1. The van der Waals surface area contributed by atoms with Crippen LogP contribution < -0.4 is 5.32 Å². The van der Waals surface area contributed by atoms with Crippen LogP contribution in [-0.2, 0) is 6.54 Å². The maximum Gasteiger partial charge on any atom is 0.335 e. The van der Waals surface area contributed by atoms with E-state index in [0.29, 0.717) is 12.2 Å². The summed E-state index contributed by atoms with van der Waals surface area (Å²) in [7, 11) is 0. The zero-order valence-corrected chi connectivity index (χ0v) is 10.5. The Hall–Kier alpha value is -2.43. The third-order valence-electron chi connectivity index (χ3n) is 2.84. The lowest BCUT2D eigenvalue weighted by Gasteiger charge is -2.08. The number of carboxylic acid groups (broad SMARTS) is 1. The molecule has 0 atom stereocenters. The van der Waals surface area contributed by atoms with Crippen LogP contribution in [0.3, 0.4) is 0 Å². The molecule has 0 saturated heterocycles. The standard InChI is InChI=1S/C15H13F2NO2/c16-14(17)11-6-4-10(5-7-11)9-18-13-3-1-2-12(8-13)15(19)20/h1-8,14,18H,9H2,(H,19,20). The third-order valence-corrected chi connectivity index (χ3v) is 2.84. The van der Waals surface area contributed by atoms with Crippen LogP contribution in [-0.4, -0.2) is 11.1 Å². The smallest absolute Gasteiger partial charge is 0.335 e. The monoisotopic (exact) mass is 277 g/mol. The predicted molar refractivity (Wildman–Crippen MR) is 72.1 cm³/mol. The third kappa shape index (κ3) is 3.54. The second-order valence-corrected chi connectivity index (χ2v) is 4.28. The Labute approximate surface area is 114 Å². The minimum atomic E-state index is -2.47. The summed E-state index contributed by atoms with van der Waals surface area (Å²) in [6.07, 6.45) is -2.47. The van der Waals surface area contributed by atoms with Gasteiger partial charge in [-0.2, -0.15) is 0 Å². The molecule has 20 heavy (non-hydrogen) atoms. The number of hydrogen-bond acceptors (Lipinski definition) is 2. The molecule has 0 aromatic heterocycles. The molecule has 0 heterocycles. The predicted octanol–water partition coefficient (Wildman–Crippen LogP) is 3.93. The summed E-state index contributed by atoms with van der Waals surface area (Å²) in [6.45, 7) is 0.437. The van der Waals surface area contributed by atoms with Gasteiger partial charge in [0.25, 0.3) is 6.43 Å². The van der Waals surface area contributed by atoms with Crippen molar-refractivity contribution in [2.24, 2.45) is 0 Å². The second kappa shape index (κ2) is 6.14. The van der Waals surface area contributed by atoms with E-state index in [4.69, 9.17) is 5.11 Å². The van der Waals surface area contributed by atoms with Gasteiger partial charge in [0.15, 0.2) is 0 Å². The zero-order chi connectivity index (χ0) is 14.5. The number of anilines is 1. The highest BCUT2D eigenvalue weighted by atomic mass is 19.3. The lowest BCUT2D eigenvalue weighted by atomic mass is 10.1. The summed E-state index contributed by atoms with van der Waals surface area (Å²) >= 11 is 0. The molecule has 0 bridgehead atoms. The lowest BCUT2D eigenvalue weighted by Crippen LogP contribution is -2.02. The van der Waals surface area contributed by atoms with Crippen molar-refractivity contribution in [3.8, 4) is 0 Å². The molecule has 104 valence electrons. The first-order chi connectivity index (χ1) is 9.56. The quantitative estimate of drug-likeness (QED) is 0.870. The summed E-state index contributed by atoms with van der Waals surface area (Å²) in [5.74, 6) is -0.991. The van der Waals surface area contributed by atoms with Crippen molar-refractivity contribution in [3.63, 3.8) is 0 Å². The summed E-state index contributed by atoms with van der Waals surface area (Å²) in [6, 6.07) is 12.4. The summed E-state index contributed by atoms with van der Waals surface area (Å²) in [4.78, 5) is 10.8. The van der Waals surface area contributed by atoms with Crippen LogP contribution in [0, 0.1) is 0 Å². The van der Waals surface area contributed by atoms with Crippen LogP contribution >= 0.6 is 0 Å². The van der Waals surface area contributed by atoms with Crippen molar-refractivity contribution in [2.45, 2.75) is 13.0 Å². The van der Waals surface area contributed by atoms with E-state index in [0.717, 1.165) is 5.56 Å². The average Bonchev–Trinajstić information content (AvgIpc) is 2.46. The Balaban J connectivity index is 2.01. The topological polar surface area (TPSA) is 49.3 Å². The molecule has 0 unspecified atom stereocenters. The van der Waals surface area contributed by atoms with Gasteiger partial charge in [0.1, 0.15) is 0 Å². The van der Waals surface area contributed by atoms with Gasteiger partial charge in [-0.25, -0.2) is 13.6 Å². The van der Waals surface area contributed by atoms with Crippen LogP contribution in [0.4, 0.5) is 14.5 Å². The molecule has 2 N–H and O–H groups in total. The van der Waals surface area contributed by atoms with Crippen LogP contribution in [0.1, 0.15) is 27.9 Å². The summed E-state index contributed by atoms with van der Waals surface area (Å²) in [5.41, 5.74) is 1.70. The molecule has 5 heteroatoms. The first-order valence-electron chi connectivity index (χ1n) is 6.00. The first-order valence-corrected chi connectivity index (χ1v) is 6.00. The molecule has 0 spiro atoms. The van der Waals surface area contributed by atoms with Gasteiger partial charge in [0, 0.05) is 17.8 Å². The number of benzene rings is 2. The lowest BCUT2D eigenvalue weighted by molar-refractivity contribution is 0.0697. The van der Waals surface area contributed by atoms with Gasteiger partial charge >= 0.3 is 5.97 Å². The van der Waals surface area contributed by atoms with Crippen LogP contribution in [0.2, 0.25) is 0 Å². The first kappa shape index (κ1) is 14.0. The maximum absolute atomic E-state index is 12.4.